The molecule has 0 radical (unpaired) electrons. The zero-order valence-electron chi connectivity index (χ0n) is 10.9. The quantitative estimate of drug-likeness (QED) is 0.807. The van der Waals surface area contributed by atoms with E-state index in [4.69, 9.17) is 10.2 Å². The first-order chi connectivity index (χ1) is 7.56. The number of hydrogen-bond acceptors (Lipinski definition) is 3. The van der Waals surface area contributed by atoms with Gasteiger partial charge in [0.2, 0.25) is 0 Å². The molecule has 0 aliphatic heterocycles. The zero-order valence-corrected chi connectivity index (χ0v) is 10.9. The molecule has 16 heavy (non-hydrogen) atoms. The number of hydrogen-bond donors (Lipinski definition) is 1. The Labute approximate surface area is 98.6 Å². The van der Waals surface area contributed by atoms with Crippen LogP contribution in [0.25, 0.3) is 0 Å². The van der Waals surface area contributed by atoms with Gasteiger partial charge in [-0.15, -0.1) is 0 Å². The molecule has 1 aromatic heterocycles. The summed E-state index contributed by atoms with van der Waals surface area (Å²) in [5, 5.41) is 0. The van der Waals surface area contributed by atoms with Gasteiger partial charge in [-0.1, -0.05) is 20.8 Å². The van der Waals surface area contributed by atoms with Crippen LogP contribution in [0.1, 0.15) is 37.9 Å². The van der Waals surface area contributed by atoms with Crippen molar-refractivity contribution in [3.63, 3.8) is 0 Å². The van der Waals surface area contributed by atoms with Crippen molar-refractivity contribution < 1.29 is 4.42 Å². The highest BCUT2D eigenvalue weighted by Crippen LogP contribution is 2.16. The summed E-state index contributed by atoms with van der Waals surface area (Å²) >= 11 is 0. The lowest BCUT2D eigenvalue weighted by atomic mass is 10.2. The molecule has 0 unspecified atom stereocenters. The lowest BCUT2D eigenvalue weighted by molar-refractivity contribution is 0.227. The van der Waals surface area contributed by atoms with E-state index in [9.17, 15) is 0 Å². The van der Waals surface area contributed by atoms with Crippen molar-refractivity contribution in [3.8, 4) is 0 Å². The molecule has 0 saturated heterocycles. The van der Waals surface area contributed by atoms with Gasteiger partial charge in [0.1, 0.15) is 11.5 Å². The first-order valence-corrected chi connectivity index (χ1v) is 6.07. The van der Waals surface area contributed by atoms with E-state index in [1.54, 1.807) is 0 Å². The van der Waals surface area contributed by atoms with Crippen LogP contribution in [0.5, 0.6) is 0 Å². The molecule has 1 aromatic rings. The summed E-state index contributed by atoms with van der Waals surface area (Å²) in [6, 6.07) is 2.10. The Bertz CT molecular complexity index is 318. The smallest absolute Gasteiger partial charge is 0.120 e. The van der Waals surface area contributed by atoms with Gasteiger partial charge in [0, 0.05) is 6.54 Å². The molecule has 3 nitrogen and oxygen atoms in total. The van der Waals surface area contributed by atoms with Crippen molar-refractivity contribution in [2.24, 2.45) is 11.7 Å². The molecular weight excluding hydrogens is 200 g/mol. The van der Waals surface area contributed by atoms with Crippen LogP contribution in [0.4, 0.5) is 0 Å². The fourth-order valence-electron chi connectivity index (χ4n) is 1.91. The van der Waals surface area contributed by atoms with Crippen molar-refractivity contribution in [1.82, 2.24) is 4.90 Å². The summed E-state index contributed by atoms with van der Waals surface area (Å²) in [6.45, 7) is 12.2. The molecular formula is C13H24N2O. The van der Waals surface area contributed by atoms with Crippen molar-refractivity contribution in [2.75, 3.05) is 13.1 Å². The van der Waals surface area contributed by atoms with E-state index in [1.807, 2.05) is 6.92 Å². The number of furan rings is 1. The summed E-state index contributed by atoms with van der Waals surface area (Å²) in [5.41, 5.74) is 6.77. The van der Waals surface area contributed by atoms with E-state index in [0.717, 1.165) is 36.7 Å². The third kappa shape index (κ3) is 3.65. The second-order valence-electron chi connectivity index (χ2n) is 4.74. The lowest BCUT2D eigenvalue weighted by Gasteiger charge is -2.21. The first-order valence-electron chi connectivity index (χ1n) is 6.07. The summed E-state index contributed by atoms with van der Waals surface area (Å²) in [6.07, 6.45) is 0. The molecule has 0 fully saturated rings. The average molecular weight is 224 g/mol. The first kappa shape index (κ1) is 13.3. The number of aryl methyl sites for hydroxylation is 1. The standard InChI is InChI=1S/C13H24N2O/c1-5-15(8-10(2)3)9-12-6-11(4)13(7-14)16-12/h6,10H,5,7-9,14H2,1-4H3. The SMILES string of the molecule is CCN(Cc1cc(C)c(CN)o1)CC(C)C. The van der Waals surface area contributed by atoms with Crippen LogP contribution in [-0.2, 0) is 13.1 Å². The highest BCUT2D eigenvalue weighted by molar-refractivity contribution is 5.19. The topological polar surface area (TPSA) is 42.4 Å². The maximum absolute atomic E-state index is 5.71. The third-order valence-corrected chi connectivity index (χ3v) is 2.71. The monoisotopic (exact) mass is 224 g/mol. The fourth-order valence-corrected chi connectivity index (χ4v) is 1.91. The zero-order chi connectivity index (χ0) is 12.1. The molecule has 0 aromatic carbocycles. The van der Waals surface area contributed by atoms with Crippen LogP contribution < -0.4 is 5.73 Å². The largest absolute Gasteiger partial charge is 0.463 e. The predicted octanol–water partition coefficient (Wildman–Crippen LogP) is 2.52. The molecule has 1 rings (SSSR count). The van der Waals surface area contributed by atoms with Crippen molar-refractivity contribution in [2.45, 2.75) is 40.8 Å². The Morgan fingerprint density at radius 3 is 2.56 bits per heavy atom. The molecule has 0 saturated carbocycles. The van der Waals surface area contributed by atoms with Crippen LogP contribution in [-0.4, -0.2) is 18.0 Å². The van der Waals surface area contributed by atoms with Gasteiger partial charge in [0.05, 0.1) is 13.1 Å². The van der Waals surface area contributed by atoms with Crippen LogP contribution in [0.3, 0.4) is 0 Å². The molecule has 0 bridgehead atoms. The second-order valence-corrected chi connectivity index (χ2v) is 4.74. The van der Waals surface area contributed by atoms with Gasteiger partial charge in [0.25, 0.3) is 0 Å². The molecule has 3 heteroatoms. The molecule has 0 spiro atoms. The summed E-state index contributed by atoms with van der Waals surface area (Å²) < 4.78 is 5.71. The molecule has 0 amide bonds. The summed E-state index contributed by atoms with van der Waals surface area (Å²) in [7, 11) is 0. The van der Waals surface area contributed by atoms with E-state index in [-0.39, 0.29) is 0 Å². The van der Waals surface area contributed by atoms with E-state index in [2.05, 4.69) is 31.7 Å². The van der Waals surface area contributed by atoms with Gasteiger partial charge in [-0.05, 0) is 31.0 Å². The lowest BCUT2D eigenvalue weighted by Crippen LogP contribution is -2.26. The number of nitrogens with two attached hydrogens (primary N) is 1. The Balaban J connectivity index is 2.63. The molecule has 1 heterocycles. The molecule has 2 N–H and O–H groups in total. The average Bonchev–Trinajstić information content (AvgIpc) is 2.57. The van der Waals surface area contributed by atoms with Crippen LogP contribution in [0.15, 0.2) is 10.5 Å². The van der Waals surface area contributed by atoms with Crippen molar-refractivity contribution in [1.29, 1.82) is 0 Å². The van der Waals surface area contributed by atoms with Gasteiger partial charge in [0.15, 0.2) is 0 Å². The molecule has 0 aliphatic carbocycles. The maximum atomic E-state index is 5.71. The Kier molecular flexibility index (Phi) is 5.03. The maximum Gasteiger partial charge on any atom is 0.120 e. The Morgan fingerprint density at radius 1 is 1.44 bits per heavy atom. The minimum Gasteiger partial charge on any atom is -0.463 e. The summed E-state index contributed by atoms with van der Waals surface area (Å²) in [5.74, 6) is 2.63. The number of rotatable bonds is 6. The van der Waals surface area contributed by atoms with Gasteiger partial charge in [-0.3, -0.25) is 4.90 Å². The van der Waals surface area contributed by atoms with Gasteiger partial charge < -0.3 is 10.2 Å². The predicted molar refractivity (Wildman–Crippen MR) is 67.1 cm³/mol. The number of nitrogens with zero attached hydrogens (tertiary/aromatic N) is 1. The third-order valence-electron chi connectivity index (χ3n) is 2.71. The van der Waals surface area contributed by atoms with Crippen LogP contribution in [0.2, 0.25) is 0 Å². The van der Waals surface area contributed by atoms with E-state index < -0.39 is 0 Å². The van der Waals surface area contributed by atoms with E-state index >= 15 is 0 Å². The van der Waals surface area contributed by atoms with Crippen molar-refractivity contribution >= 4 is 0 Å². The molecule has 0 atom stereocenters. The van der Waals surface area contributed by atoms with Gasteiger partial charge in [-0.2, -0.15) is 0 Å². The minimum atomic E-state index is 0.488. The normalized spacial score (nSPS) is 11.7. The van der Waals surface area contributed by atoms with E-state index in [1.165, 1.54) is 0 Å². The molecule has 92 valence electrons. The highest BCUT2D eigenvalue weighted by Gasteiger charge is 2.11. The van der Waals surface area contributed by atoms with Crippen LogP contribution in [0, 0.1) is 12.8 Å². The Morgan fingerprint density at radius 2 is 2.12 bits per heavy atom. The minimum absolute atomic E-state index is 0.488. The highest BCUT2D eigenvalue weighted by atomic mass is 16.3. The van der Waals surface area contributed by atoms with Gasteiger partial charge >= 0.3 is 0 Å². The van der Waals surface area contributed by atoms with Gasteiger partial charge in [-0.25, -0.2) is 0 Å². The van der Waals surface area contributed by atoms with Crippen LogP contribution >= 0.6 is 0 Å². The molecule has 0 aliphatic rings. The summed E-state index contributed by atoms with van der Waals surface area (Å²) in [4.78, 5) is 2.39. The van der Waals surface area contributed by atoms with E-state index in [0.29, 0.717) is 12.5 Å². The second kappa shape index (κ2) is 6.06. The Hall–Kier alpha value is -0.800. The fraction of sp³-hybridized carbons (Fsp3) is 0.692. The van der Waals surface area contributed by atoms with Crippen molar-refractivity contribution in [3.05, 3.63) is 23.2 Å².